The number of fused-ring (bicyclic) bond motifs is 3. The van der Waals surface area contributed by atoms with Crippen molar-refractivity contribution in [2.24, 2.45) is 35.0 Å². The Kier molecular flexibility index (Phi) is 8.28. The molecule has 2 saturated carbocycles. The maximum absolute atomic E-state index is 12.6. The molecule has 7 atom stereocenters. The van der Waals surface area contributed by atoms with Gasteiger partial charge in [-0.05, 0) is 56.4 Å². The van der Waals surface area contributed by atoms with Gasteiger partial charge in [0, 0.05) is 41.8 Å². The molecule has 0 bridgehead atoms. The summed E-state index contributed by atoms with van der Waals surface area (Å²) in [5.41, 5.74) is 0.164. The van der Waals surface area contributed by atoms with Crippen LogP contribution in [0.25, 0.3) is 0 Å². The summed E-state index contributed by atoms with van der Waals surface area (Å²) in [5.74, 6) is 3.53. The Balaban J connectivity index is 1.22. The first-order valence-corrected chi connectivity index (χ1v) is 17.3. The third kappa shape index (κ3) is 5.21. The zero-order valence-corrected chi connectivity index (χ0v) is 26.1. The summed E-state index contributed by atoms with van der Waals surface area (Å²) in [4.78, 5) is 15.3. The van der Waals surface area contributed by atoms with E-state index in [1.54, 1.807) is 0 Å². The van der Waals surface area contributed by atoms with E-state index in [-0.39, 0.29) is 52.7 Å². The number of rotatable bonds is 5. The van der Waals surface area contributed by atoms with Gasteiger partial charge in [0.25, 0.3) is 0 Å². The molecular weight excluding hydrogens is 542 g/mol. The van der Waals surface area contributed by atoms with Crippen LogP contribution in [0.5, 0.6) is 0 Å². The van der Waals surface area contributed by atoms with Gasteiger partial charge in [-0.25, -0.2) is 4.79 Å². The number of cyclic esters (lactones) is 1. The molecule has 4 heterocycles. The Bertz CT molecular complexity index is 1200. The number of carbonyl (C=O) groups is 1. The molecule has 43 heavy (non-hydrogen) atoms. The SMILES string of the molecule is COC1=C(CO)C(=O)OC1=C1OC2=CC3(CCCCC3)CN3[C@H]([C@@H](O)[C@H]4C=CC[C@@H](C5CCCC5)C4)CCC[C@H]3[C@H]2[C@@H]1C. The van der Waals surface area contributed by atoms with E-state index in [1.807, 2.05) is 0 Å². The van der Waals surface area contributed by atoms with E-state index in [1.165, 1.54) is 58.5 Å². The third-order valence-electron chi connectivity index (χ3n) is 12.4. The molecule has 3 aliphatic carbocycles. The van der Waals surface area contributed by atoms with Gasteiger partial charge in [-0.15, -0.1) is 0 Å². The van der Waals surface area contributed by atoms with Crippen molar-refractivity contribution in [3.05, 3.63) is 46.8 Å². The molecule has 0 amide bonds. The van der Waals surface area contributed by atoms with Crippen molar-refractivity contribution in [1.82, 2.24) is 4.90 Å². The zero-order valence-electron chi connectivity index (χ0n) is 26.1. The van der Waals surface area contributed by atoms with Gasteiger partial charge in [0.1, 0.15) is 11.3 Å². The Morgan fingerprint density at radius 1 is 1.05 bits per heavy atom. The van der Waals surface area contributed by atoms with Crippen molar-refractivity contribution in [1.29, 1.82) is 0 Å². The Morgan fingerprint density at radius 3 is 2.58 bits per heavy atom. The van der Waals surface area contributed by atoms with E-state index >= 15 is 0 Å². The molecule has 7 aliphatic rings. The van der Waals surface area contributed by atoms with Crippen LogP contribution in [-0.2, 0) is 19.0 Å². The molecule has 7 rings (SSSR count). The number of allylic oxidation sites excluding steroid dienone is 2. The minimum atomic E-state index is -0.568. The summed E-state index contributed by atoms with van der Waals surface area (Å²) in [7, 11) is 1.51. The van der Waals surface area contributed by atoms with E-state index in [0.717, 1.165) is 56.7 Å². The molecular formula is C36H51NO6. The lowest BCUT2D eigenvalue weighted by molar-refractivity contribution is -0.133. The number of methoxy groups -OCH3 is 1. The molecule has 7 heteroatoms. The summed E-state index contributed by atoms with van der Waals surface area (Å²) in [6.07, 6.45) is 23.7. The quantitative estimate of drug-likeness (QED) is 0.293. The van der Waals surface area contributed by atoms with Gasteiger partial charge in [-0.3, -0.25) is 4.90 Å². The van der Waals surface area contributed by atoms with Crippen LogP contribution >= 0.6 is 0 Å². The molecule has 0 unspecified atom stereocenters. The normalized spacial score (nSPS) is 38.8. The average Bonchev–Trinajstić information content (AvgIpc) is 3.73. The van der Waals surface area contributed by atoms with Gasteiger partial charge in [-0.2, -0.15) is 0 Å². The first-order valence-electron chi connectivity index (χ1n) is 17.3. The summed E-state index contributed by atoms with van der Waals surface area (Å²) >= 11 is 0. The maximum atomic E-state index is 12.6. The standard InChI is InChI=1S/C36H51NO6/c1-22-30-27-14-9-15-28(31(39)25-13-8-12-24(18-25)23-10-4-5-11-23)37(27)21-36(16-6-3-7-17-36)19-29(30)42-32(22)34-33(41-2)26(20-38)35(40)43-34/h8,13,19,22-25,27-28,30-31,38-39H,3-7,9-12,14-18,20-21H2,1-2H3/t22-,24+,25-,27-,28-,30+,31-/m0/s1. The largest absolute Gasteiger partial charge is 0.492 e. The van der Waals surface area contributed by atoms with Crippen LogP contribution in [0, 0.1) is 35.0 Å². The van der Waals surface area contributed by atoms with Crippen LogP contribution in [-0.4, -0.2) is 59.5 Å². The maximum Gasteiger partial charge on any atom is 0.345 e. The molecule has 4 fully saturated rings. The molecule has 2 N–H and O–H groups in total. The van der Waals surface area contributed by atoms with Crippen molar-refractivity contribution >= 4 is 5.97 Å². The number of carbonyl (C=O) groups excluding carboxylic acids is 1. The van der Waals surface area contributed by atoms with Gasteiger partial charge >= 0.3 is 5.97 Å². The number of esters is 1. The minimum absolute atomic E-state index is 0.0209. The number of hydrogen-bond donors (Lipinski definition) is 2. The predicted molar refractivity (Wildman–Crippen MR) is 163 cm³/mol. The predicted octanol–water partition coefficient (Wildman–Crippen LogP) is 6.13. The van der Waals surface area contributed by atoms with Crippen LogP contribution in [0.4, 0.5) is 0 Å². The Hall–Kier alpha value is -2.09. The smallest absolute Gasteiger partial charge is 0.345 e. The number of aliphatic hydroxyl groups excluding tert-OH is 2. The number of hydrogen-bond acceptors (Lipinski definition) is 7. The van der Waals surface area contributed by atoms with E-state index < -0.39 is 12.6 Å². The first kappa shape index (κ1) is 29.6. The average molecular weight is 594 g/mol. The topological polar surface area (TPSA) is 88.5 Å². The molecule has 236 valence electrons. The minimum Gasteiger partial charge on any atom is -0.492 e. The van der Waals surface area contributed by atoms with Crippen molar-refractivity contribution < 1.29 is 29.2 Å². The highest BCUT2D eigenvalue weighted by atomic mass is 16.6. The summed E-state index contributed by atoms with van der Waals surface area (Å²) < 4.78 is 18.0. The third-order valence-corrected chi connectivity index (χ3v) is 12.4. The van der Waals surface area contributed by atoms with E-state index in [4.69, 9.17) is 14.2 Å². The van der Waals surface area contributed by atoms with Gasteiger partial charge < -0.3 is 24.4 Å². The Morgan fingerprint density at radius 2 is 1.84 bits per heavy atom. The van der Waals surface area contributed by atoms with E-state index in [0.29, 0.717) is 17.4 Å². The lowest BCUT2D eigenvalue weighted by Crippen LogP contribution is -2.58. The molecule has 0 aromatic carbocycles. The van der Waals surface area contributed by atoms with E-state index in [2.05, 4.69) is 30.1 Å². The number of aliphatic hydroxyl groups is 2. The summed E-state index contributed by atoms with van der Waals surface area (Å²) in [5, 5.41) is 22.1. The van der Waals surface area contributed by atoms with Crippen LogP contribution in [0.1, 0.15) is 96.8 Å². The van der Waals surface area contributed by atoms with Crippen molar-refractivity contribution in [3.63, 3.8) is 0 Å². The molecule has 2 saturated heterocycles. The molecule has 0 aromatic heterocycles. The lowest BCUT2D eigenvalue weighted by atomic mass is 9.72. The fourth-order valence-electron chi connectivity index (χ4n) is 10.2. The van der Waals surface area contributed by atoms with Gasteiger partial charge in [0.2, 0.25) is 5.76 Å². The highest BCUT2D eigenvalue weighted by molar-refractivity contribution is 5.94. The molecule has 4 aliphatic heterocycles. The second-order valence-corrected chi connectivity index (χ2v) is 14.7. The van der Waals surface area contributed by atoms with Crippen LogP contribution in [0.3, 0.4) is 0 Å². The number of piperidine rings is 1. The first-order chi connectivity index (χ1) is 20.9. The second-order valence-electron chi connectivity index (χ2n) is 14.7. The van der Waals surface area contributed by atoms with Crippen LogP contribution < -0.4 is 0 Å². The fourth-order valence-corrected chi connectivity index (χ4v) is 10.2. The zero-order chi connectivity index (χ0) is 29.7. The van der Waals surface area contributed by atoms with Crippen molar-refractivity contribution in [3.8, 4) is 0 Å². The van der Waals surface area contributed by atoms with Crippen LogP contribution in [0.15, 0.2) is 46.8 Å². The fraction of sp³-hybridized carbons (Fsp3) is 0.750. The summed E-state index contributed by atoms with van der Waals surface area (Å²) in [6, 6.07) is 0.377. The van der Waals surface area contributed by atoms with Crippen LogP contribution in [0.2, 0.25) is 0 Å². The number of nitrogens with zero attached hydrogens (tertiary/aromatic N) is 1. The molecule has 1 spiro atoms. The molecule has 7 nitrogen and oxygen atoms in total. The monoisotopic (exact) mass is 593 g/mol. The van der Waals surface area contributed by atoms with E-state index in [9.17, 15) is 15.0 Å². The summed E-state index contributed by atoms with van der Waals surface area (Å²) in [6.45, 7) is 2.73. The molecule has 0 radical (unpaired) electrons. The number of ether oxygens (including phenoxy) is 3. The van der Waals surface area contributed by atoms with Gasteiger partial charge in [-0.1, -0.05) is 70.4 Å². The molecule has 0 aromatic rings. The van der Waals surface area contributed by atoms with Crippen molar-refractivity contribution in [2.45, 2.75) is 115 Å². The Labute approximate surface area is 257 Å². The second kappa shape index (κ2) is 12.0. The van der Waals surface area contributed by atoms with Gasteiger partial charge in [0.15, 0.2) is 11.5 Å². The van der Waals surface area contributed by atoms with Gasteiger partial charge in [0.05, 0.1) is 19.8 Å². The highest BCUT2D eigenvalue weighted by Gasteiger charge is 2.54. The lowest BCUT2D eigenvalue weighted by Gasteiger charge is -2.50. The highest BCUT2D eigenvalue weighted by Crippen LogP contribution is 2.54. The van der Waals surface area contributed by atoms with Crippen molar-refractivity contribution in [2.75, 3.05) is 20.3 Å².